The predicted molar refractivity (Wildman–Crippen MR) is 73.8 cm³/mol. The monoisotopic (exact) mass is 310 g/mol. The molecule has 0 unspecified atom stereocenters. The first-order chi connectivity index (χ1) is 9.49. The number of benzene rings is 1. The molecule has 0 N–H and O–H groups in total. The van der Waals surface area contributed by atoms with Crippen molar-refractivity contribution in [3.8, 4) is 0 Å². The SMILES string of the molecule is Cc1ncc(CN2C(=O)C(=O)c3c(Cl)ccc(F)c32)s1. The highest BCUT2D eigenvalue weighted by molar-refractivity contribution is 7.11. The Morgan fingerprint density at radius 2 is 2.15 bits per heavy atom. The smallest absolute Gasteiger partial charge is 0.297 e. The maximum Gasteiger partial charge on any atom is 0.299 e. The van der Waals surface area contributed by atoms with Gasteiger partial charge < -0.3 is 0 Å². The molecule has 0 radical (unpaired) electrons. The maximum absolute atomic E-state index is 14.0. The van der Waals surface area contributed by atoms with Crippen molar-refractivity contribution in [2.24, 2.45) is 0 Å². The number of hydrogen-bond donors (Lipinski definition) is 0. The quantitative estimate of drug-likeness (QED) is 0.801. The number of carbonyl (C=O) groups is 2. The Labute approximate surface area is 122 Å². The molecule has 1 aromatic heterocycles. The lowest BCUT2D eigenvalue weighted by Crippen LogP contribution is -2.29. The highest BCUT2D eigenvalue weighted by atomic mass is 35.5. The molecule has 2 aromatic rings. The van der Waals surface area contributed by atoms with E-state index >= 15 is 0 Å². The lowest BCUT2D eigenvalue weighted by atomic mass is 10.1. The molecule has 2 heterocycles. The van der Waals surface area contributed by atoms with Gasteiger partial charge in [0.15, 0.2) is 0 Å². The summed E-state index contributed by atoms with van der Waals surface area (Å²) in [7, 11) is 0. The molecule has 20 heavy (non-hydrogen) atoms. The van der Waals surface area contributed by atoms with Crippen molar-refractivity contribution in [3.05, 3.63) is 44.6 Å². The number of halogens is 2. The van der Waals surface area contributed by atoms with E-state index < -0.39 is 17.5 Å². The van der Waals surface area contributed by atoms with E-state index in [1.165, 1.54) is 17.4 Å². The zero-order valence-electron chi connectivity index (χ0n) is 10.3. The summed E-state index contributed by atoms with van der Waals surface area (Å²) in [5.41, 5.74) is -0.101. The Morgan fingerprint density at radius 1 is 1.40 bits per heavy atom. The molecule has 7 heteroatoms. The molecule has 0 saturated carbocycles. The van der Waals surface area contributed by atoms with Crippen LogP contribution in [0.5, 0.6) is 0 Å². The van der Waals surface area contributed by atoms with Crippen molar-refractivity contribution < 1.29 is 14.0 Å². The van der Waals surface area contributed by atoms with Crippen LogP contribution in [-0.4, -0.2) is 16.7 Å². The predicted octanol–water partition coefficient (Wildman–Crippen LogP) is 2.97. The van der Waals surface area contributed by atoms with Crippen LogP contribution in [0.3, 0.4) is 0 Å². The van der Waals surface area contributed by atoms with E-state index in [2.05, 4.69) is 4.98 Å². The molecule has 0 saturated heterocycles. The van der Waals surface area contributed by atoms with Gasteiger partial charge in [-0.05, 0) is 19.1 Å². The Balaban J connectivity index is 2.08. The van der Waals surface area contributed by atoms with E-state index in [-0.39, 0.29) is 22.8 Å². The van der Waals surface area contributed by atoms with Crippen molar-refractivity contribution in [1.29, 1.82) is 0 Å². The van der Waals surface area contributed by atoms with Gasteiger partial charge in [-0.3, -0.25) is 14.5 Å². The van der Waals surface area contributed by atoms with Crippen molar-refractivity contribution in [2.45, 2.75) is 13.5 Å². The van der Waals surface area contributed by atoms with Gasteiger partial charge in [-0.1, -0.05) is 11.6 Å². The zero-order valence-corrected chi connectivity index (χ0v) is 11.9. The topological polar surface area (TPSA) is 50.3 Å². The molecule has 102 valence electrons. The van der Waals surface area contributed by atoms with E-state index in [0.29, 0.717) is 0 Å². The Hall–Kier alpha value is -1.79. The average molecular weight is 311 g/mol. The van der Waals surface area contributed by atoms with Crippen molar-refractivity contribution in [2.75, 3.05) is 4.90 Å². The number of anilines is 1. The fourth-order valence-electron chi connectivity index (χ4n) is 2.14. The second-order valence-corrected chi connectivity index (χ2v) is 6.05. The van der Waals surface area contributed by atoms with Crippen molar-refractivity contribution >= 4 is 40.3 Å². The number of thiazole rings is 1. The van der Waals surface area contributed by atoms with Crippen molar-refractivity contribution in [3.63, 3.8) is 0 Å². The molecule has 1 amide bonds. The molecule has 0 aliphatic carbocycles. The van der Waals surface area contributed by atoms with Crippen LogP contribution in [-0.2, 0) is 11.3 Å². The van der Waals surface area contributed by atoms with Crippen molar-refractivity contribution in [1.82, 2.24) is 4.98 Å². The standard InChI is InChI=1S/C13H8ClFN2O2S/c1-6-16-4-7(20-6)5-17-11-9(15)3-2-8(14)10(11)12(18)13(17)19/h2-4H,5H2,1H3. The second kappa shape index (κ2) is 4.64. The third-order valence-electron chi connectivity index (χ3n) is 3.00. The fourth-order valence-corrected chi connectivity index (χ4v) is 3.16. The molecule has 1 aliphatic heterocycles. The summed E-state index contributed by atoms with van der Waals surface area (Å²) in [5, 5.41) is 0.924. The Kier molecular flexibility index (Phi) is 3.07. The molecule has 0 atom stereocenters. The average Bonchev–Trinajstić information content (AvgIpc) is 2.92. The van der Waals surface area contributed by atoms with Gasteiger partial charge in [0.25, 0.3) is 11.7 Å². The summed E-state index contributed by atoms with van der Waals surface area (Å²) >= 11 is 7.29. The minimum Gasteiger partial charge on any atom is -0.297 e. The van der Waals surface area contributed by atoms with Crippen LogP contribution in [0.4, 0.5) is 10.1 Å². The maximum atomic E-state index is 14.0. The van der Waals surface area contributed by atoms with Gasteiger partial charge in [-0.25, -0.2) is 9.37 Å². The summed E-state index contributed by atoms with van der Waals surface area (Å²) < 4.78 is 14.0. The Morgan fingerprint density at radius 3 is 2.80 bits per heavy atom. The first-order valence-electron chi connectivity index (χ1n) is 5.74. The summed E-state index contributed by atoms with van der Waals surface area (Å²) in [6.45, 7) is 1.94. The number of amides is 1. The van der Waals surface area contributed by atoms with E-state index in [4.69, 9.17) is 11.6 Å². The summed E-state index contributed by atoms with van der Waals surface area (Å²) in [6.07, 6.45) is 1.61. The van der Waals surface area contributed by atoms with E-state index in [0.717, 1.165) is 20.9 Å². The van der Waals surface area contributed by atoms with Crippen LogP contribution in [0.1, 0.15) is 20.2 Å². The van der Waals surface area contributed by atoms with E-state index in [1.807, 2.05) is 6.92 Å². The third-order valence-corrected chi connectivity index (χ3v) is 4.21. The third kappa shape index (κ3) is 1.92. The summed E-state index contributed by atoms with van der Waals surface area (Å²) in [5.74, 6) is -2.17. The molecule has 0 fully saturated rings. The molecule has 0 bridgehead atoms. The highest BCUT2D eigenvalue weighted by Gasteiger charge is 2.40. The minimum atomic E-state index is -0.772. The number of fused-ring (bicyclic) bond motifs is 1. The van der Waals surface area contributed by atoms with Crippen LogP contribution >= 0.6 is 22.9 Å². The molecular formula is C13H8ClFN2O2S. The molecule has 0 spiro atoms. The van der Waals surface area contributed by atoms with Crippen LogP contribution in [0.2, 0.25) is 5.02 Å². The van der Waals surface area contributed by atoms with E-state index in [9.17, 15) is 14.0 Å². The van der Waals surface area contributed by atoms with Crippen LogP contribution in [0.25, 0.3) is 0 Å². The van der Waals surface area contributed by atoms with Gasteiger partial charge in [-0.2, -0.15) is 0 Å². The fraction of sp³-hybridized carbons (Fsp3) is 0.154. The molecule has 4 nitrogen and oxygen atoms in total. The zero-order chi connectivity index (χ0) is 14.4. The number of ketones is 1. The molecule has 3 rings (SSSR count). The van der Waals surface area contributed by atoms with Gasteiger partial charge in [0.1, 0.15) is 5.82 Å². The molecule has 1 aromatic carbocycles. The van der Waals surface area contributed by atoms with Crippen LogP contribution < -0.4 is 4.90 Å². The number of aromatic nitrogens is 1. The number of carbonyl (C=O) groups excluding carboxylic acids is 2. The van der Waals surface area contributed by atoms with Gasteiger partial charge in [-0.15, -0.1) is 11.3 Å². The minimum absolute atomic E-state index is 0.0430. The largest absolute Gasteiger partial charge is 0.299 e. The molecule has 1 aliphatic rings. The number of Topliss-reactive ketones (excluding diaryl/α,β-unsaturated/α-hetero) is 1. The van der Waals surface area contributed by atoms with Gasteiger partial charge >= 0.3 is 0 Å². The summed E-state index contributed by atoms with van der Waals surface area (Å²) in [6, 6.07) is 2.43. The Bertz CT molecular complexity index is 744. The highest BCUT2D eigenvalue weighted by Crippen LogP contribution is 2.37. The second-order valence-electron chi connectivity index (χ2n) is 4.32. The van der Waals surface area contributed by atoms with Gasteiger partial charge in [0.2, 0.25) is 0 Å². The number of rotatable bonds is 2. The lowest BCUT2D eigenvalue weighted by molar-refractivity contribution is -0.114. The number of hydrogen-bond acceptors (Lipinski definition) is 4. The lowest BCUT2D eigenvalue weighted by Gasteiger charge is -2.15. The number of aryl methyl sites for hydroxylation is 1. The van der Waals surface area contributed by atoms with E-state index in [1.54, 1.807) is 6.20 Å². The summed E-state index contributed by atoms with van der Waals surface area (Å²) in [4.78, 5) is 29.9. The van der Waals surface area contributed by atoms with Gasteiger partial charge in [0.05, 0.1) is 27.8 Å². The van der Waals surface area contributed by atoms with Gasteiger partial charge in [0, 0.05) is 11.1 Å². The number of nitrogens with zero attached hydrogens (tertiary/aromatic N) is 2. The molecular weight excluding hydrogens is 303 g/mol. The first kappa shape index (κ1) is 13.2. The first-order valence-corrected chi connectivity index (χ1v) is 6.94. The van der Waals surface area contributed by atoms with Crippen LogP contribution in [0.15, 0.2) is 18.3 Å². The normalized spacial score (nSPS) is 14.1. The van der Waals surface area contributed by atoms with Crippen LogP contribution in [0, 0.1) is 12.7 Å².